The van der Waals surface area contributed by atoms with Crippen molar-refractivity contribution >= 4 is 5.91 Å². The summed E-state index contributed by atoms with van der Waals surface area (Å²) in [5, 5.41) is 14.9. The predicted molar refractivity (Wildman–Crippen MR) is 68.7 cm³/mol. The first-order valence-electron chi connectivity index (χ1n) is 6.82. The summed E-state index contributed by atoms with van der Waals surface area (Å²) in [4.78, 5) is 11.7. The van der Waals surface area contributed by atoms with Gasteiger partial charge in [0.15, 0.2) is 0 Å². The minimum Gasteiger partial charge on any atom is -0.396 e. The van der Waals surface area contributed by atoms with Crippen LogP contribution in [0.2, 0.25) is 0 Å². The Hall–Kier alpha value is -0.610. The zero-order valence-corrected chi connectivity index (χ0v) is 10.9. The third-order valence-electron chi connectivity index (χ3n) is 3.55. The molecule has 17 heavy (non-hydrogen) atoms. The van der Waals surface area contributed by atoms with Crippen LogP contribution >= 0.6 is 0 Å². The van der Waals surface area contributed by atoms with Crippen LogP contribution in [0.25, 0.3) is 0 Å². The molecule has 2 unspecified atom stereocenters. The highest BCUT2D eigenvalue weighted by molar-refractivity contribution is 5.76. The third kappa shape index (κ3) is 6.03. The van der Waals surface area contributed by atoms with Gasteiger partial charge < -0.3 is 15.7 Å². The Kier molecular flexibility index (Phi) is 7.21. The second-order valence-corrected chi connectivity index (χ2v) is 5.07. The third-order valence-corrected chi connectivity index (χ3v) is 3.55. The van der Waals surface area contributed by atoms with Gasteiger partial charge >= 0.3 is 0 Å². The topological polar surface area (TPSA) is 61.4 Å². The Morgan fingerprint density at radius 3 is 3.00 bits per heavy atom. The molecule has 1 heterocycles. The van der Waals surface area contributed by atoms with Crippen LogP contribution in [0.3, 0.4) is 0 Å². The van der Waals surface area contributed by atoms with Gasteiger partial charge in [-0.2, -0.15) is 0 Å². The number of unbranched alkanes of at least 4 members (excludes halogenated alkanes) is 1. The van der Waals surface area contributed by atoms with Crippen molar-refractivity contribution in [1.82, 2.24) is 10.6 Å². The average molecular weight is 242 g/mol. The zero-order chi connectivity index (χ0) is 12.5. The standard InChI is InChI=1S/C13H26N2O2/c1-11(12-5-4-6-14-10-12)9-13(17)15-7-2-3-8-16/h11-12,14,16H,2-10H2,1H3,(H,15,17). The number of nitrogens with one attached hydrogen (secondary N) is 2. The van der Waals surface area contributed by atoms with Crippen molar-refractivity contribution in [2.45, 2.75) is 39.0 Å². The Labute approximate surface area is 104 Å². The first kappa shape index (κ1) is 14.5. The first-order valence-corrected chi connectivity index (χ1v) is 6.82. The highest BCUT2D eigenvalue weighted by Crippen LogP contribution is 2.22. The summed E-state index contributed by atoms with van der Waals surface area (Å²) in [5.41, 5.74) is 0. The molecule has 0 saturated carbocycles. The van der Waals surface area contributed by atoms with Gasteiger partial charge in [0, 0.05) is 19.6 Å². The smallest absolute Gasteiger partial charge is 0.220 e. The highest BCUT2D eigenvalue weighted by atomic mass is 16.2. The number of piperidine rings is 1. The van der Waals surface area contributed by atoms with E-state index >= 15 is 0 Å². The van der Waals surface area contributed by atoms with Crippen LogP contribution in [0.4, 0.5) is 0 Å². The van der Waals surface area contributed by atoms with Gasteiger partial charge in [-0.3, -0.25) is 4.79 Å². The summed E-state index contributed by atoms with van der Waals surface area (Å²) in [7, 11) is 0. The van der Waals surface area contributed by atoms with E-state index in [4.69, 9.17) is 5.11 Å². The Balaban J connectivity index is 2.11. The molecule has 0 aromatic rings. The van der Waals surface area contributed by atoms with Crippen molar-refractivity contribution in [2.24, 2.45) is 11.8 Å². The van der Waals surface area contributed by atoms with Crippen molar-refractivity contribution in [3.05, 3.63) is 0 Å². The SMILES string of the molecule is CC(CC(=O)NCCCCO)C1CCCNC1. The molecule has 0 aliphatic carbocycles. The van der Waals surface area contributed by atoms with Crippen LogP contribution < -0.4 is 10.6 Å². The van der Waals surface area contributed by atoms with Gasteiger partial charge in [0.05, 0.1) is 0 Å². The fourth-order valence-electron chi connectivity index (χ4n) is 2.36. The molecule has 1 aliphatic heterocycles. The van der Waals surface area contributed by atoms with Crippen molar-refractivity contribution in [3.63, 3.8) is 0 Å². The number of aliphatic hydroxyl groups excluding tert-OH is 1. The van der Waals surface area contributed by atoms with Crippen LogP contribution in [0.1, 0.15) is 39.0 Å². The lowest BCUT2D eigenvalue weighted by Gasteiger charge is -2.28. The van der Waals surface area contributed by atoms with E-state index in [2.05, 4.69) is 17.6 Å². The lowest BCUT2D eigenvalue weighted by atomic mass is 9.85. The summed E-state index contributed by atoms with van der Waals surface area (Å²) < 4.78 is 0. The minimum atomic E-state index is 0.154. The molecule has 1 saturated heterocycles. The van der Waals surface area contributed by atoms with Gasteiger partial charge in [-0.1, -0.05) is 6.92 Å². The van der Waals surface area contributed by atoms with Crippen LogP contribution in [0.15, 0.2) is 0 Å². The summed E-state index contributed by atoms with van der Waals surface area (Å²) in [5.74, 6) is 1.26. The minimum absolute atomic E-state index is 0.154. The number of aliphatic hydroxyl groups is 1. The van der Waals surface area contributed by atoms with E-state index in [0.29, 0.717) is 24.8 Å². The quantitative estimate of drug-likeness (QED) is 0.581. The molecule has 2 atom stereocenters. The molecule has 0 aromatic heterocycles. The molecule has 0 bridgehead atoms. The molecule has 0 aromatic carbocycles. The second-order valence-electron chi connectivity index (χ2n) is 5.07. The summed E-state index contributed by atoms with van der Waals surface area (Å²) in [6.07, 6.45) is 4.73. The summed E-state index contributed by atoms with van der Waals surface area (Å²) in [6, 6.07) is 0. The Bertz CT molecular complexity index is 215. The Morgan fingerprint density at radius 1 is 1.53 bits per heavy atom. The number of rotatable bonds is 7. The molecule has 4 heteroatoms. The maximum absolute atomic E-state index is 11.7. The maximum atomic E-state index is 11.7. The number of hydrogen-bond donors (Lipinski definition) is 3. The fraction of sp³-hybridized carbons (Fsp3) is 0.923. The summed E-state index contributed by atoms with van der Waals surface area (Å²) >= 11 is 0. The maximum Gasteiger partial charge on any atom is 0.220 e. The van der Waals surface area contributed by atoms with Gasteiger partial charge in [-0.05, 0) is 50.6 Å². The van der Waals surface area contributed by atoms with Gasteiger partial charge in [0.2, 0.25) is 5.91 Å². The first-order chi connectivity index (χ1) is 8.24. The molecule has 3 N–H and O–H groups in total. The fourth-order valence-corrected chi connectivity index (χ4v) is 2.36. The molecule has 100 valence electrons. The Morgan fingerprint density at radius 2 is 2.35 bits per heavy atom. The molecular weight excluding hydrogens is 216 g/mol. The van der Waals surface area contributed by atoms with Crippen LogP contribution in [0.5, 0.6) is 0 Å². The number of amides is 1. The van der Waals surface area contributed by atoms with Crippen molar-refractivity contribution in [1.29, 1.82) is 0 Å². The molecule has 4 nitrogen and oxygen atoms in total. The van der Waals surface area contributed by atoms with E-state index in [9.17, 15) is 4.79 Å². The van der Waals surface area contributed by atoms with Crippen LogP contribution in [0, 0.1) is 11.8 Å². The van der Waals surface area contributed by atoms with Crippen molar-refractivity contribution in [3.8, 4) is 0 Å². The van der Waals surface area contributed by atoms with Gasteiger partial charge in [0.1, 0.15) is 0 Å². The average Bonchev–Trinajstić information content (AvgIpc) is 2.36. The molecule has 1 amide bonds. The second kappa shape index (κ2) is 8.48. The van der Waals surface area contributed by atoms with Crippen LogP contribution in [-0.2, 0) is 4.79 Å². The number of hydrogen-bond acceptors (Lipinski definition) is 3. The number of carbonyl (C=O) groups excluding carboxylic acids is 1. The molecule has 0 radical (unpaired) electrons. The predicted octanol–water partition coefficient (Wildman–Crippen LogP) is 0.901. The monoisotopic (exact) mass is 242 g/mol. The van der Waals surface area contributed by atoms with Crippen LogP contribution in [-0.4, -0.2) is 37.3 Å². The van der Waals surface area contributed by atoms with E-state index in [1.165, 1.54) is 12.8 Å². The molecule has 1 fully saturated rings. The molecule has 1 rings (SSSR count). The summed E-state index contributed by atoms with van der Waals surface area (Å²) in [6.45, 7) is 5.25. The van der Waals surface area contributed by atoms with E-state index in [0.717, 1.165) is 25.9 Å². The molecule has 1 aliphatic rings. The lowest BCUT2D eigenvalue weighted by molar-refractivity contribution is -0.122. The van der Waals surface area contributed by atoms with Crippen molar-refractivity contribution in [2.75, 3.05) is 26.2 Å². The zero-order valence-electron chi connectivity index (χ0n) is 10.9. The normalized spacial score (nSPS) is 22.1. The molecular formula is C13H26N2O2. The van der Waals surface area contributed by atoms with Gasteiger partial charge in [-0.15, -0.1) is 0 Å². The van der Waals surface area contributed by atoms with Crippen molar-refractivity contribution < 1.29 is 9.90 Å². The van der Waals surface area contributed by atoms with Gasteiger partial charge in [-0.25, -0.2) is 0 Å². The molecule has 0 spiro atoms. The van der Waals surface area contributed by atoms with E-state index in [-0.39, 0.29) is 12.5 Å². The van der Waals surface area contributed by atoms with E-state index in [1.54, 1.807) is 0 Å². The lowest BCUT2D eigenvalue weighted by Crippen LogP contribution is -2.35. The highest BCUT2D eigenvalue weighted by Gasteiger charge is 2.21. The largest absolute Gasteiger partial charge is 0.396 e. The number of carbonyl (C=O) groups is 1. The van der Waals surface area contributed by atoms with Gasteiger partial charge in [0.25, 0.3) is 0 Å². The van der Waals surface area contributed by atoms with E-state index < -0.39 is 0 Å². The van der Waals surface area contributed by atoms with E-state index in [1.807, 2.05) is 0 Å².